The van der Waals surface area contributed by atoms with Crippen LogP contribution in [0.1, 0.15) is 66.1 Å². The Balaban J connectivity index is 2.53. The van der Waals surface area contributed by atoms with E-state index in [1.807, 2.05) is 60.5 Å². The summed E-state index contributed by atoms with van der Waals surface area (Å²) in [5.41, 5.74) is 0.641. The van der Waals surface area contributed by atoms with Crippen LogP contribution in [-0.2, 0) is 14.4 Å². The zero-order chi connectivity index (χ0) is 27.9. The molecule has 3 amide bonds. The fourth-order valence-electron chi connectivity index (χ4n) is 4.68. The summed E-state index contributed by atoms with van der Waals surface area (Å²) in [4.78, 5) is 42.2. The molecule has 2 aliphatic rings. The van der Waals surface area contributed by atoms with Crippen LogP contribution in [0.5, 0.6) is 5.75 Å². The van der Waals surface area contributed by atoms with E-state index in [0.29, 0.717) is 17.7 Å². The molecule has 2 aliphatic heterocycles. The van der Waals surface area contributed by atoms with E-state index in [1.54, 1.807) is 24.3 Å². The average molecular weight is 519 g/mol. The number of ether oxygens (including phenoxy) is 1. The summed E-state index contributed by atoms with van der Waals surface area (Å²) in [6, 6.07) is 4.63. The van der Waals surface area contributed by atoms with Crippen LogP contribution in [0.15, 0.2) is 24.3 Å². The smallest absolute Gasteiger partial charge is 0.247 e. The number of fused-ring (bicyclic) bond motifs is 11. The summed E-state index contributed by atoms with van der Waals surface area (Å²) in [5, 5.41) is 19.1. The second-order valence-corrected chi connectivity index (χ2v) is 11.1. The zero-order valence-electron chi connectivity index (χ0n) is 23.6. The molecule has 0 aliphatic carbocycles. The minimum absolute atomic E-state index is 0.0116. The first-order valence-electron chi connectivity index (χ1n) is 13.3. The molecule has 4 N–H and O–H groups in total. The lowest BCUT2D eigenvalue weighted by molar-refractivity contribution is -0.137. The van der Waals surface area contributed by atoms with Gasteiger partial charge < -0.3 is 25.8 Å². The predicted octanol–water partition coefficient (Wildman–Crippen LogP) is 2.25. The number of carbonyl (C=O) groups excluding carboxylic acids is 3. The van der Waals surface area contributed by atoms with Crippen molar-refractivity contribution in [2.45, 2.75) is 84.7 Å². The van der Waals surface area contributed by atoms with Crippen molar-refractivity contribution in [2.24, 2.45) is 17.8 Å². The third-order valence-electron chi connectivity index (χ3n) is 6.92. The van der Waals surface area contributed by atoms with Crippen LogP contribution in [-0.4, -0.2) is 72.6 Å². The lowest BCUT2D eigenvalue weighted by Crippen LogP contribution is -2.62. The third-order valence-corrected chi connectivity index (χ3v) is 6.92. The Kier molecular flexibility index (Phi) is 11.4. The fourth-order valence-corrected chi connectivity index (χ4v) is 4.68. The third kappa shape index (κ3) is 8.43. The van der Waals surface area contributed by atoms with E-state index in [2.05, 4.69) is 16.0 Å². The molecule has 1 aromatic carbocycles. The van der Waals surface area contributed by atoms with Crippen LogP contribution in [0, 0.1) is 17.8 Å². The largest absolute Gasteiger partial charge is 0.487 e. The van der Waals surface area contributed by atoms with Gasteiger partial charge in [0.15, 0.2) is 0 Å². The molecule has 0 saturated heterocycles. The second kappa shape index (κ2) is 13.8. The highest BCUT2D eigenvalue weighted by molar-refractivity contribution is 5.93. The second-order valence-electron chi connectivity index (χ2n) is 11.1. The van der Waals surface area contributed by atoms with Crippen molar-refractivity contribution in [1.82, 2.24) is 20.9 Å². The molecular formula is C28H46N4O5. The van der Waals surface area contributed by atoms with Crippen molar-refractivity contribution in [1.29, 1.82) is 0 Å². The lowest BCUT2D eigenvalue weighted by atomic mass is 9.94. The van der Waals surface area contributed by atoms with Gasteiger partial charge >= 0.3 is 0 Å². The molecule has 9 heteroatoms. The molecule has 0 saturated carbocycles. The maximum Gasteiger partial charge on any atom is 0.247 e. The van der Waals surface area contributed by atoms with Gasteiger partial charge in [-0.25, -0.2) is 0 Å². The predicted molar refractivity (Wildman–Crippen MR) is 144 cm³/mol. The number of likely N-dealkylation sites (N-methyl/N-ethyl adjacent to an activating group) is 1. The van der Waals surface area contributed by atoms with Gasteiger partial charge in [0.05, 0.1) is 12.1 Å². The highest BCUT2D eigenvalue weighted by Gasteiger charge is 2.38. The first-order chi connectivity index (χ1) is 17.3. The van der Waals surface area contributed by atoms with E-state index in [4.69, 9.17) is 4.74 Å². The molecule has 3 rings (SSSR count). The Morgan fingerprint density at radius 3 is 2.24 bits per heavy atom. The quantitative estimate of drug-likeness (QED) is 0.419. The number of carbonyl (C=O) groups is 3. The number of aliphatic hydroxyl groups excluding tert-OH is 1. The van der Waals surface area contributed by atoms with E-state index in [1.165, 1.54) is 0 Å². The Labute approximate surface area is 221 Å². The van der Waals surface area contributed by atoms with Gasteiger partial charge in [0, 0.05) is 6.54 Å². The number of amides is 3. The van der Waals surface area contributed by atoms with Crippen molar-refractivity contribution >= 4 is 17.7 Å². The van der Waals surface area contributed by atoms with Gasteiger partial charge in [0.25, 0.3) is 0 Å². The first kappa shape index (κ1) is 30.6. The van der Waals surface area contributed by atoms with Crippen molar-refractivity contribution in [3.8, 4) is 5.75 Å². The number of hydrogen-bond donors (Lipinski definition) is 4. The van der Waals surface area contributed by atoms with Crippen molar-refractivity contribution in [3.63, 3.8) is 0 Å². The summed E-state index contributed by atoms with van der Waals surface area (Å²) in [7, 11) is 3.69. The van der Waals surface area contributed by atoms with Crippen molar-refractivity contribution < 1.29 is 24.2 Å². The normalized spacial score (nSPS) is 24.8. The topological polar surface area (TPSA) is 120 Å². The number of nitrogens with one attached hydrogen (secondary N) is 3. The Bertz CT molecular complexity index is 902. The van der Waals surface area contributed by atoms with Gasteiger partial charge in [0.2, 0.25) is 17.7 Å². The molecule has 2 heterocycles. The van der Waals surface area contributed by atoms with Crippen LogP contribution < -0.4 is 20.7 Å². The Hall–Kier alpha value is -2.65. The zero-order valence-corrected chi connectivity index (χ0v) is 23.6. The van der Waals surface area contributed by atoms with Crippen LogP contribution in [0.2, 0.25) is 0 Å². The van der Waals surface area contributed by atoms with Gasteiger partial charge in [-0.3, -0.25) is 19.3 Å². The van der Waals surface area contributed by atoms with E-state index in [-0.39, 0.29) is 36.1 Å². The summed E-state index contributed by atoms with van der Waals surface area (Å²) in [6.45, 7) is 11.8. The molecule has 0 spiro atoms. The number of aliphatic hydroxyl groups is 1. The molecule has 0 aromatic heterocycles. The van der Waals surface area contributed by atoms with Crippen LogP contribution in [0.25, 0.3) is 0 Å². The van der Waals surface area contributed by atoms with Gasteiger partial charge in [-0.2, -0.15) is 0 Å². The number of hydrogen-bond acceptors (Lipinski definition) is 6. The molecule has 9 nitrogen and oxygen atoms in total. The molecule has 6 unspecified atom stereocenters. The fraction of sp³-hybridized carbons (Fsp3) is 0.679. The SMILES string of the molecule is CCC(C)C(C(=O)NC1C(=O)NC(CC(C)C)C(=O)NCC(O)c2ccc(cc2)OC1C(C)C)N(C)C. The van der Waals surface area contributed by atoms with Crippen LogP contribution in [0.4, 0.5) is 0 Å². The summed E-state index contributed by atoms with van der Waals surface area (Å²) >= 11 is 0. The Morgan fingerprint density at radius 2 is 1.73 bits per heavy atom. The summed E-state index contributed by atoms with van der Waals surface area (Å²) < 4.78 is 6.29. The molecule has 208 valence electrons. The molecule has 1 aromatic rings. The maximum atomic E-state index is 13.8. The van der Waals surface area contributed by atoms with Crippen molar-refractivity contribution in [2.75, 3.05) is 20.6 Å². The Morgan fingerprint density at radius 1 is 1.11 bits per heavy atom. The highest BCUT2D eigenvalue weighted by atomic mass is 16.5. The number of rotatable bonds is 8. The molecule has 37 heavy (non-hydrogen) atoms. The van der Waals surface area contributed by atoms with Crippen molar-refractivity contribution in [3.05, 3.63) is 29.8 Å². The number of benzene rings is 1. The van der Waals surface area contributed by atoms with Gasteiger partial charge in [0.1, 0.15) is 23.9 Å². The van der Waals surface area contributed by atoms with Crippen LogP contribution >= 0.6 is 0 Å². The summed E-state index contributed by atoms with van der Waals surface area (Å²) in [5.74, 6) is -0.566. The molecule has 0 fully saturated rings. The minimum atomic E-state index is -1.03. The standard InChI is InChI=1S/C28H46N4O5/c1-9-18(6)24(32(7)8)28(36)31-23-25(17(4)5)37-20-12-10-19(11-13-20)22(33)15-29-26(34)21(14-16(2)3)30-27(23)35/h10-13,16-18,21-25,33H,9,14-15H2,1-8H3,(H,29,34)(H,30,35)(H,31,36). The monoisotopic (exact) mass is 518 g/mol. The molecular weight excluding hydrogens is 472 g/mol. The van der Waals surface area contributed by atoms with Gasteiger partial charge in [-0.1, -0.05) is 60.1 Å². The molecule has 2 bridgehead atoms. The van der Waals surface area contributed by atoms with Gasteiger partial charge in [-0.15, -0.1) is 0 Å². The lowest BCUT2D eigenvalue weighted by Gasteiger charge is -2.35. The number of nitrogens with zero attached hydrogens (tertiary/aromatic N) is 1. The van der Waals surface area contributed by atoms with Gasteiger partial charge in [-0.05, 0) is 56.0 Å². The van der Waals surface area contributed by atoms with E-state index < -0.39 is 36.2 Å². The first-order valence-corrected chi connectivity index (χ1v) is 13.3. The molecule has 0 radical (unpaired) electrons. The average Bonchev–Trinajstić information content (AvgIpc) is 2.83. The highest BCUT2D eigenvalue weighted by Crippen LogP contribution is 2.23. The van der Waals surface area contributed by atoms with Crippen LogP contribution in [0.3, 0.4) is 0 Å². The summed E-state index contributed by atoms with van der Waals surface area (Å²) in [6.07, 6.45) is -0.396. The molecule has 6 atom stereocenters. The van der Waals surface area contributed by atoms with E-state index in [9.17, 15) is 19.5 Å². The maximum absolute atomic E-state index is 13.8. The minimum Gasteiger partial charge on any atom is -0.487 e. The van der Waals surface area contributed by atoms with E-state index in [0.717, 1.165) is 6.42 Å². The van der Waals surface area contributed by atoms with E-state index >= 15 is 0 Å².